The third-order valence-electron chi connectivity index (χ3n) is 3.06. The fourth-order valence-electron chi connectivity index (χ4n) is 1.90. The van der Waals surface area contributed by atoms with E-state index in [2.05, 4.69) is 5.32 Å². The number of carbonyl (C=O) groups is 2. The third kappa shape index (κ3) is 5.36. The van der Waals surface area contributed by atoms with Gasteiger partial charge in [-0.05, 0) is 47.5 Å². The monoisotopic (exact) mass is 287 g/mol. The van der Waals surface area contributed by atoms with E-state index in [-0.39, 0.29) is 11.7 Å². The van der Waals surface area contributed by atoms with Crippen molar-refractivity contribution in [3.8, 4) is 0 Å². The second kappa shape index (κ2) is 5.99. The molecule has 6 heteroatoms. The Morgan fingerprint density at radius 2 is 1.90 bits per heavy atom. The average molecular weight is 287 g/mol. The Kier molecular flexibility index (Phi) is 5.02. The van der Waals surface area contributed by atoms with E-state index >= 15 is 0 Å². The summed E-state index contributed by atoms with van der Waals surface area (Å²) in [6, 6.07) is -0.713. The van der Waals surface area contributed by atoms with Crippen molar-refractivity contribution in [3.63, 3.8) is 0 Å². The molecule has 1 aliphatic rings. The molecule has 1 rings (SSSR count). The molecule has 6 nitrogen and oxygen atoms in total. The van der Waals surface area contributed by atoms with Gasteiger partial charge in [0.05, 0.1) is 18.8 Å². The molecule has 0 radical (unpaired) electrons. The highest BCUT2D eigenvalue weighted by molar-refractivity contribution is 5.81. The largest absolute Gasteiger partial charge is 0.467 e. The van der Waals surface area contributed by atoms with Crippen LogP contribution in [-0.4, -0.2) is 42.5 Å². The first kappa shape index (κ1) is 16.8. The van der Waals surface area contributed by atoms with Crippen LogP contribution < -0.4 is 5.32 Å². The Bertz CT molecular complexity index is 372. The number of esters is 1. The van der Waals surface area contributed by atoms with Gasteiger partial charge in [-0.15, -0.1) is 0 Å². The average Bonchev–Trinajstić information content (AvgIpc) is 2.88. The number of hydrogen-bond donors (Lipinski definition) is 1. The maximum Gasteiger partial charge on any atom is 0.408 e. The number of hydrogen-bond acceptors (Lipinski definition) is 5. The van der Waals surface area contributed by atoms with Gasteiger partial charge in [-0.25, -0.2) is 9.59 Å². The molecule has 2 atom stereocenters. The zero-order valence-corrected chi connectivity index (χ0v) is 13.1. The minimum atomic E-state index is -0.713. The topological polar surface area (TPSA) is 77.2 Å². The quantitative estimate of drug-likeness (QED) is 0.618. The van der Waals surface area contributed by atoms with Crippen LogP contribution >= 0.6 is 0 Å². The maximum absolute atomic E-state index is 11.7. The van der Waals surface area contributed by atoms with Crippen molar-refractivity contribution >= 4 is 12.1 Å². The third-order valence-corrected chi connectivity index (χ3v) is 3.06. The lowest BCUT2D eigenvalue weighted by atomic mass is 10.0. The van der Waals surface area contributed by atoms with Crippen LogP contribution in [0.2, 0.25) is 0 Å². The Morgan fingerprint density at radius 3 is 2.30 bits per heavy atom. The van der Waals surface area contributed by atoms with E-state index < -0.39 is 23.7 Å². The summed E-state index contributed by atoms with van der Waals surface area (Å²) in [7, 11) is 1.30. The summed E-state index contributed by atoms with van der Waals surface area (Å²) in [6.07, 6.45) is 0.640. The van der Waals surface area contributed by atoms with E-state index in [4.69, 9.17) is 14.2 Å². The van der Waals surface area contributed by atoms with Gasteiger partial charge in [-0.3, -0.25) is 0 Å². The molecule has 20 heavy (non-hydrogen) atoms. The predicted molar refractivity (Wildman–Crippen MR) is 73.4 cm³/mol. The van der Waals surface area contributed by atoms with Crippen molar-refractivity contribution in [3.05, 3.63) is 0 Å². The Hall–Kier alpha value is -1.30. The van der Waals surface area contributed by atoms with E-state index in [1.165, 1.54) is 7.11 Å². The van der Waals surface area contributed by atoms with E-state index in [0.29, 0.717) is 12.8 Å². The molecule has 116 valence electrons. The first-order valence-corrected chi connectivity index (χ1v) is 6.80. The van der Waals surface area contributed by atoms with Crippen LogP contribution in [0.4, 0.5) is 4.79 Å². The lowest BCUT2D eigenvalue weighted by Crippen LogP contribution is -2.44. The maximum atomic E-state index is 11.7. The molecule has 1 aliphatic heterocycles. The minimum absolute atomic E-state index is 0.120. The zero-order chi connectivity index (χ0) is 15.6. The van der Waals surface area contributed by atoms with Gasteiger partial charge in [0, 0.05) is 0 Å². The second-order valence-electron chi connectivity index (χ2n) is 6.51. The van der Waals surface area contributed by atoms with Gasteiger partial charge in [-0.2, -0.15) is 0 Å². The van der Waals surface area contributed by atoms with Crippen LogP contribution in [0.15, 0.2) is 0 Å². The van der Waals surface area contributed by atoms with Crippen molar-refractivity contribution in [1.29, 1.82) is 0 Å². The molecule has 0 aromatic carbocycles. The predicted octanol–water partition coefficient (Wildman–Crippen LogP) is 2.01. The number of ether oxygens (including phenoxy) is 3. The van der Waals surface area contributed by atoms with Gasteiger partial charge in [0.15, 0.2) is 0 Å². The molecule has 1 unspecified atom stereocenters. The fraction of sp³-hybridized carbons (Fsp3) is 0.857. The van der Waals surface area contributed by atoms with E-state index in [0.717, 1.165) is 0 Å². The molecule has 0 aliphatic carbocycles. The first-order valence-electron chi connectivity index (χ1n) is 6.80. The van der Waals surface area contributed by atoms with E-state index in [1.54, 1.807) is 20.8 Å². The molecule has 1 N–H and O–H groups in total. The van der Waals surface area contributed by atoms with E-state index in [9.17, 15) is 9.59 Å². The summed E-state index contributed by atoms with van der Waals surface area (Å²) >= 11 is 0. The van der Waals surface area contributed by atoms with E-state index in [1.807, 2.05) is 13.8 Å². The van der Waals surface area contributed by atoms with Gasteiger partial charge in [0.2, 0.25) is 0 Å². The molecule has 0 spiro atoms. The highest BCUT2D eigenvalue weighted by Gasteiger charge is 2.47. The van der Waals surface area contributed by atoms with Crippen LogP contribution in [0.5, 0.6) is 0 Å². The second-order valence-corrected chi connectivity index (χ2v) is 6.51. The fourth-order valence-corrected chi connectivity index (χ4v) is 1.90. The highest BCUT2D eigenvalue weighted by Crippen LogP contribution is 2.38. The van der Waals surface area contributed by atoms with Crippen molar-refractivity contribution < 1.29 is 23.8 Å². The van der Waals surface area contributed by atoms with Gasteiger partial charge < -0.3 is 19.5 Å². The number of epoxide rings is 1. The molecular formula is C14H25NO5. The molecule has 1 fully saturated rings. The summed E-state index contributed by atoms with van der Waals surface area (Å²) in [4.78, 5) is 23.4. The number of methoxy groups -OCH3 is 1. The Labute approximate surface area is 120 Å². The number of alkyl carbamates (subject to hydrolysis) is 1. The van der Waals surface area contributed by atoms with Gasteiger partial charge >= 0.3 is 12.1 Å². The molecular weight excluding hydrogens is 262 g/mol. The molecule has 0 bridgehead atoms. The normalized spacial score (nSPS) is 21.8. The van der Waals surface area contributed by atoms with Gasteiger partial charge in [-0.1, -0.05) is 0 Å². The van der Waals surface area contributed by atoms with Crippen LogP contribution in [0.1, 0.15) is 47.5 Å². The molecule has 0 saturated carbocycles. The van der Waals surface area contributed by atoms with Crippen molar-refractivity contribution in [2.75, 3.05) is 7.11 Å². The Balaban J connectivity index is 2.48. The Morgan fingerprint density at radius 1 is 1.35 bits per heavy atom. The van der Waals surface area contributed by atoms with Gasteiger partial charge in [0.25, 0.3) is 0 Å². The summed E-state index contributed by atoms with van der Waals surface area (Å²) < 4.78 is 15.3. The summed E-state index contributed by atoms with van der Waals surface area (Å²) in [5.74, 6) is -0.477. The standard InChI is InChI=1S/C14H25NO5/c1-13(2,3)20-12(17)15-9(11(16)18-6)7-8-10-14(4,5)19-10/h9-10H,7-8H2,1-6H3,(H,15,17)/t9-,10?/m0/s1. The summed E-state index contributed by atoms with van der Waals surface area (Å²) in [6.45, 7) is 9.28. The number of nitrogens with one attached hydrogen (secondary N) is 1. The minimum Gasteiger partial charge on any atom is -0.467 e. The molecule has 0 aromatic rings. The van der Waals surface area contributed by atoms with Gasteiger partial charge in [0.1, 0.15) is 11.6 Å². The van der Waals surface area contributed by atoms with Crippen LogP contribution in [-0.2, 0) is 19.0 Å². The SMILES string of the molecule is COC(=O)[C@H](CCC1OC1(C)C)NC(=O)OC(C)(C)C. The van der Waals surface area contributed by atoms with Crippen LogP contribution in [0.3, 0.4) is 0 Å². The molecule has 1 heterocycles. The zero-order valence-electron chi connectivity index (χ0n) is 13.1. The number of amides is 1. The summed E-state index contributed by atoms with van der Waals surface area (Å²) in [5.41, 5.74) is -0.737. The summed E-state index contributed by atoms with van der Waals surface area (Å²) in [5, 5.41) is 2.54. The number of carbonyl (C=O) groups excluding carboxylic acids is 2. The van der Waals surface area contributed by atoms with Crippen LogP contribution in [0, 0.1) is 0 Å². The number of rotatable bonds is 5. The van der Waals surface area contributed by atoms with Crippen LogP contribution in [0.25, 0.3) is 0 Å². The van der Waals surface area contributed by atoms with Crippen molar-refractivity contribution in [2.24, 2.45) is 0 Å². The highest BCUT2D eigenvalue weighted by atomic mass is 16.6. The van der Waals surface area contributed by atoms with Crippen molar-refractivity contribution in [1.82, 2.24) is 5.32 Å². The molecule has 0 aromatic heterocycles. The smallest absolute Gasteiger partial charge is 0.408 e. The molecule has 1 amide bonds. The van der Waals surface area contributed by atoms with Crippen molar-refractivity contribution in [2.45, 2.75) is 70.8 Å². The molecule has 1 saturated heterocycles. The lowest BCUT2D eigenvalue weighted by molar-refractivity contribution is -0.143. The first-order chi connectivity index (χ1) is 9.05. The lowest BCUT2D eigenvalue weighted by Gasteiger charge is -2.22.